The minimum Gasteiger partial charge on any atom is -0.458 e. The normalized spacial score (nSPS) is 31.7. The molecular weight excluding hydrogens is 190 g/mol. The van der Waals surface area contributed by atoms with Gasteiger partial charge in [-0.15, -0.1) is 0 Å². The molecule has 1 fully saturated rings. The second-order valence-corrected chi connectivity index (χ2v) is 5.06. The number of esters is 1. The van der Waals surface area contributed by atoms with Crippen LogP contribution < -0.4 is 5.73 Å². The quantitative estimate of drug-likeness (QED) is 0.730. The van der Waals surface area contributed by atoms with Crippen molar-refractivity contribution in [3.8, 4) is 0 Å². The molecule has 0 aliphatic heterocycles. The molecule has 0 aromatic rings. The maximum absolute atomic E-state index is 11.0. The highest BCUT2D eigenvalue weighted by molar-refractivity contribution is 5.66. The van der Waals surface area contributed by atoms with Crippen LogP contribution in [0.5, 0.6) is 0 Å². The Morgan fingerprint density at radius 2 is 2.00 bits per heavy atom. The Kier molecular flexibility index (Phi) is 4.14. The lowest BCUT2D eigenvalue weighted by Crippen LogP contribution is -2.45. The van der Waals surface area contributed by atoms with Gasteiger partial charge in [0.2, 0.25) is 0 Å². The highest BCUT2D eigenvalue weighted by Crippen LogP contribution is 2.37. The van der Waals surface area contributed by atoms with Gasteiger partial charge >= 0.3 is 5.97 Å². The molecule has 0 atom stereocenters. The SMILES string of the molecule is CC(=O)OC1(CN)CCC(C(C)C)CC1. The minimum absolute atomic E-state index is 0.205. The fourth-order valence-electron chi connectivity index (χ4n) is 2.49. The smallest absolute Gasteiger partial charge is 0.303 e. The third-order valence-electron chi connectivity index (χ3n) is 3.62. The zero-order chi connectivity index (χ0) is 11.5. The number of ether oxygens (including phenoxy) is 1. The van der Waals surface area contributed by atoms with Gasteiger partial charge in [-0.05, 0) is 37.5 Å². The molecule has 0 aromatic heterocycles. The Morgan fingerprint density at radius 1 is 1.47 bits per heavy atom. The molecule has 1 rings (SSSR count). The summed E-state index contributed by atoms with van der Waals surface area (Å²) in [5.41, 5.74) is 5.37. The first-order valence-electron chi connectivity index (χ1n) is 5.89. The average Bonchev–Trinajstić information content (AvgIpc) is 2.17. The molecule has 88 valence electrons. The van der Waals surface area contributed by atoms with E-state index in [9.17, 15) is 4.79 Å². The summed E-state index contributed by atoms with van der Waals surface area (Å²) in [5, 5.41) is 0. The molecule has 3 nitrogen and oxygen atoms in total. The van der Waals surface area contributed by atoms with Gasteiger partial charge in [-0.3, -0.25) is 4.79 Å². The molecule has 0 radical (unpaired) electrons. The summed E-state index contributed by atoms with van der Waals surface area (Å²) in [6.45, 7) is 6.43. The highest BCUT2D eigenvalue weighted by atomic mass is 16.6. The Balaban J connectivity index is 2.54. The van der Waals surface area contributed by atoms with E-state index < -0.39 is 0 Å². The van der Waals surface area contributed by atoms with E-state index in [0.717, 1.165) is 37.5 Å². The molecule has 0 amide bonds. The molecule has 0 saturated heterocycles. The Bertz CT molecular complexity index is 218. The first-order valence-corrected chi connectivity index (χ1v) is 5.89. The van der Waals surface area contributed by atoms with Crippen molar-refractivity contribution in [3.05, 3.63) is 0 Å². The molecule has 0 aromatic carbocycles. The van der Waals surface area contributed by atoms with Gasteiger partial charge in [0.05, 0.1) is 0 Å². The molecule has 15 heavy (non-hydrogen) atoms. The van der Waals surface area contributed by atoms with Gasteiger partial charge in [-0.25, -0.2) is 0 Å². The average molecular weight is 213 g/mol. The second kappa shape index (κ2) is 4.97. The van der Waals surface area contributed by atoms with Crippen LogP contribution in [0.2, 0.25) is 0 Å². The van der Waals surface area contributed by atoms with Crippen LogP contribution in [0.4, 0.5) is 0 Å². The zero-order valence-electron chi connectivity index (χ0n) is 10.1. The van der Waals surface area contributed by atoms with Crippen LogP contribution in [0.3, 0.4) is 0 Å². The van der Waals surface area contributed by atoms with Gasteiger partial charge in [0, 0.05) is 13.5 Å². The standard InChI is InChI=1S/C12H23NO2/c1-9(2)11-4-6-12(8-13,7-5-11)15-10(3)14/h9,11H,4-8,13H2,1-3H3. The molecule has 2 N–H and O–H groups in total. The van der Waals surface area contributed by atoms with Gasteiger partial charge in [0.15, 0.2) is 0 Å². The van der Waals surface area contributed by atoms with E-state index >= 15 is 0 Å². The third-order valence-corrected chi connectivity index (χ3v) is 3.62. The Labute approximate surface area is 92.4 Å². The second-order valence-electron chi connectivity index (χ2n) is 5.06. The fraction of sp³-hybridized carbons (Fsp3) is 0.917. The van der Waals surface area contributed by atoms with Crippen molar-refractivity contribution in [3.63, 3.8) is 0 Å². The topological polar surface area (TPSA) is 52.3 Å². The van der Waals surface area contributed by atoms with Crippen molar-refractivity contribution in [1.82, 2.24) is 0 Å². The van der Waals surface area contributed by atoms with Crippen molar-refractivity contribution in [1.29, 1.82) is 0 Å². The molecule has 1 aliphatic carbocycles. The predicted molar refractivity (Wildman–Crippen MR) is 60.3 cm³/mol. The van der Waals surface area contributed by atoms with Gasteiger partial charge < -0.3 is 10.5 Å². The van der Waals surface area contributed by atoms with Crippen LogP contribution in [0.25, 0.3) is 0 Å². The molecule has 1 aliphatic rings. The van der Waals surface area contributed by atoms with Crippen molar-refractivity contribution in [2.45, 2.75) is 52.1 Å². The lowest BCUT2D eigenvalue weighted by molar-refractivity contribution is -0.160. The van der Waals surface area contributed by atoms with Crippen molar-refractivity contribution < 1.29 is 9.53 Å². The predicted octanol–water partition coefficient (Wildman–Crippen LogP) is 2.09. The molecule has 3 heteroatoms. The van der Waals surface area contributed by atoms with E-state index in [2.05, 4.69) is 13.8 Å². The molecule has 0 heterocycles. The van der Waals surface area contributed by atoms with Crippen LogP contribution in [-0.2, 0) is 9.53 Å². The Morgan fingerprint density at radius 3 is 2.33 bits per heavy atom. The first kappa shape index (κ1) is 12.5. The summed E-state index contributed by atoms with van der Waals surface area (Å²) in [4.78, 5) is 11.0. The summed E-state index contributed by atoms with van der Waals surface area (Å²) < 4.78 is 5.39. The molecular formula is C12H23NO2. The van der Waals surface area contributed by atoms with E-state index in [1.807, 2.05) is 0 Å². The number of hydrogen-bond donors (Lipinski definition) is 1. The lowest BCUT2D eigenvalue weighted by Gasteiger charge is -2.39. The number of hydrogen-bond acceptors (Lipinski definition) is 3. The Hall–Kier alpha value is -0.570. The van der Waals surface area contributed by atoms with E-state index in [1.54, 1.807) is 0 Å². The minimum atomic E-state index is -0.364. The van der Waals surface area contributed by atoms with E-state index in [0.29, 0.717) is 6.54 Å². The van der Waals surface area contributed by atoms with Crippen LogP contribution in [0, 0.1) is 11.8 Å². The summed E-state index contributed by atoms with van der Waals surface area (Å²) in [6, 6.07) is 0. The van der Waals surface area contributed by atoms with Crippen LogP contribution in [-0.4, -0.2) is 18.1 Å². The number of nitrogens with two attached hydrogens (primary N) is 1. The molecule has 1 saturated carbocycles. The monoisotopic (exact) mass is 213 g/mol. The zero-order valence-corrected chi connectivity index (χ0v) is 10.1. The number of carbonyl (C=O) groups is 1. The summed E-state index contributed by atoms with van der Waals surface area (Å²) in [5.74, 6) is 1.28. The van der Waals surface area contributed by atoms with Gasteiger partial charge in [0.1, 0.15) is 5.60 Å². The largest absolute Gasteiger partial charge is 0.458 e. The van der Waals surface area contributed by atoms with Crippen LogP contribution in [0.1, 0.15) is 46.5 Å². The van der Waals surface area contributed by atoms with Crippen molar-refractivity contribution in [2.24, 2.45) is 17.6 Å². The van der Waals surface area contributed by atoms with E-state index in [1.165, 1.54) is 6.92 Å². The maximum Gasteiger partial charge on any atom is 0.303 e. The first-order chi connectivity index (χ1) is 6.99. The fourth-order valence-corrected chi connectivity index (χ4v) is 2.49. The number of rotatable bonds is 3. The van der Waals surface area contributed by atoms with Crippen molar-refractivity contribution in [2.75, 3.05) is 6.54 Å². The van der Waals surface area contributed by atoms with Gasteiger partial charge in [-0.1, -0.05) is 13.8 Å². The summed E-state index contributed by atoms with van der Waals surface area (Å²) in [7, 11) is 0. The molecule has 0 unspecified atom stereocenters. The van der Waals surface area contributed by atoms with Gasteiger partial charge in [0.25, 0.3) is 0 Å². The maximum atomic E-state index is 11.0. The summed E-state index contributed by atoms with van der Waals surface area (Å²) in [6.07, 6.45) is 4.10. The lowest BCUT2D eigenvalue weighted by atomic mass is 9.74. The molecule has 0 bridgehead atoms. The number of carbonyl (C=O) groups excluding carboxylic acids is 1. The third kappa shape index (κ3) is 3.20. The highest BCUT2D eigenvalue weighted by Gasteiger charge is 2.37. The van der Waals surface area contributed by atoms with Crippen molar-refractivity contribution >= 4 is 5.97 Å². The van der Waals surface area contributed by atoms with E-state index in [-0.39, 0.29) is 11.6 Å². The summed E-state index contributed by atoms with van der Waals surface area (Å²) >= 11 is 0. The molecule has 0 spiro atoms. The van der Waals surface area contributed by atoms with E-state index in [4.69, 9.17) is 10.5 Å². The van der Waals surface area contributed by atoms with Crippen LogP contribution >= 0.6 is 0 Å². The van der Waals surface area contributed by atoms with Crippen LogP contribution in [0.15, 0.2) is 0 Å². The van der Waals surface area contributed by atoms with Gasteiger partial charge in [-0.2, -0.15) is 0 Å².